The third-order valence-corrected chi connectivity index (χ3v) is 5.67. The lowest BCUT2D eigenvalue weighted by atomic mass is 9.84. The Labute approximate surface area is 163 Å². The molecular formula is C19H27NO6S. The number of carbonyl (C=O) groups is 3. The maximum atomic E-state index is 12.8. The number of nitrogens with one attached hydrogen (secondary N) is 1. The molecular weight excluding hydrogens is 370 g/mol. The summed E-state index contributed by atoms with van der Waals surface area (Å²) in [4.78, 5) is 38.0. The molecule has 1 aliphatic heterocycles. The van der Waals surface area contributed by atoms with Gasteiger partial charge in [-0.1, -0.05) is 19.9 Å². The molecule has 0 radical (unpaired) electrons. The Morgan fingerprint density at radius 1 is 1.26 bits per heavy atom. The van der Waals surface area contributed by atoms with Gasteiger partial charge in [-0.2, -0.15) is 0 Å². The fourth-order valence-electron chi connectivity index (χ4n) is 3.64. The lowest BCUT2D eigenvalue weighted by molar-refractivity contribution is -0.167. The molecule has 1 aliphatic rings. The van der Waals surface area contributed by atoms with Gasteiger partial charge in [-0.25, -0.2) is 4.79 Å². The van der Waals surface area contributed by atoms with Gasteiger partial charge in [-0.05, 0) is 37.1 Å². The molecule has 2 heterocycles. The fraction of sp³-hybridized carbons (Fsp3) is 0.632. The molecule has 150 valence electrons. The Morgan fingerprint density at radius 3 is 2.48 bits per heavy atom. The van der Waals surface area contributed by atoms with Crippen molar-refractivity contribution in [1.29, 1.82) is 0 Å². The van der Waals surface area contributed by atoms with Gasteiger partial charge in [-0.3, -0.25) is 14.9 Å². The lowest BCUT2D eigenvalue weighted by Gasteiger charge is -2.29. The van der Waals surface area contributed by atoms with Crippen LogP contribution in [0.4, 0.5) is 0 Å². The second-order valence-corrected chi connectivity index (χ2v) is 8.20. The molecule has 1 aromatic rings. The number of hydrogen-bond acceptors (Lipinski definition) is 8. The number of methoxy groups -OCH3 is 2. The summed E-state index contributed by atoms with van der Waals surface area (Å²) >= 11 is 1.50. The first-order valence-electron chi connectivity index (χ1n) is 8.92. The third-order valence-electron chi connectivity index (χ3n) is 4.71. The van der Waals surface area contributed by atoms with Crippen molar-refractivity contribution in [2.45, 2.75) is 51.3 Å². The largest absolute Gasteiger partial charge is 0.468 e. The van der Waals surface area contributed by atoms with Gasteiger partial charge in [0.1, 0.15) is 5.54 Å². The van der Waals surface area contributed by atoms with Crippen molar-refractivity contribution < 1.29 is 28.6 Å². The predicted molar refractivity (Wildman–Crippen MR) is 100 cm³/mol. The Morgan fingerprint density at radius 2 is 1.96 bits per heavy atom. The first-order chi connectivity index (χ1) is 12.7. The summed E-state index contributed by atoms with van der Waals surface area (Å²) in [5.41, 5.74) is -0.976. The van der Waals surface area contributed by atoms with Gasteiger partial charge in [0.2, 0.25) is 0 Å². The van der Waals surface area contributed by atoms with Gasteiger partial charge in [0.25, 0.3) is 0 Å². The van der Waals surface area contributed by atoms with Crippen molar-refractivity contribution in [3.05, 3.63) is 22.4 Å². The van der Waals surface area contributed by atoms with Gasteiger partial charge < -0.3 is 14.2 Å². The highest BCUT2D eigenvalue weighted by Crippen LogP contribution is 2.43. The monoisotopic (exact) mass is 397 g/mol. The minimum Gasteiger partial charge on any atom is -0.468 e. The highest BCUT2D eigenvalue weighted by molar-refractivity contribution is 7.10. The van der Waals surface area contributed by atoms with E-state index < -0.39 is 35.5 Å². The zero-order valence-corrected chi connectivity index (χ0v) is 17.1. The van der Waals surface area contributed by atoms with Crippen LogP contribution in [-0.2, 0) is 28.6 Å². The molecule has 0 aromatic carbocycles. The second kappa shape index (κ2) is 8.84. The summed E-state index contributed by atoms with van der Waals surface area (Å²) < 4.78 is 15.0. The van der Waals surface area contributed by atoms with Crippen LogP contribution in [0.1, 0.15) is 44.5 Å². The van der Waals surface area contributed by atoms with Crippen molar-refractivity contribution in [1.82, 2.24) is 5.32 Å². The Kier molecular flexibility index (Phi) is 7.00. The highest BCUT2D eigenvalue weighted by atomic mass is 32.1. The van der Waals surface area contributed by atoms with E-state index in [1.807, 2.05) is 31.4 Å². The van der Waals surface area contributed by atoms with Crippen molar-refractivity contribution >= 4 is 29.2 Å². The van der Waals surface area contributed by atoms with Crippen LogP contribution in [0.5, 0.6) is 0 Å². The first-order valence-corrected chi connectivity index (χ1v) is 9.80. The van der Waals surface area contributed by atoms with Crippen molar-refractivity contribution in [3.8, 4) is 0 Å². The van der Waals surface area contributed by atoms with E-state index in [1.54, 1.807) is 0 Å². The number of esters is 3. The molecule has 27 heavy (non-hydrogen) atoms. The van der Waals surface area contributed by atoms with Crippen LogP contribution in [0.25, 0.3) is 0 Å². The van der Waals surface area contributed by atoms with Crippen LogP contribution in [0.3, 0.4) is 0 Å². The summed E-state index contributed by atoms with van der Waals surface area (Å²) in [6.07, 6.45) is -0.241. The van der Waals surface area contributed by atoms with Crippen LogP contribution in [-0.4, -0.2) is 43.8 Å². The molecule has 7 nitrogen and oxygen atoms in total. The molecule has 1 fully saturated rings. The number of rotatable bonds is 7. The van der Waals surface area contributed by atoms with E-state index in [0.717, 1.165) is 4.88 Å². The average molecular weight is 397 g/mol. The molecule has 0 saturated carbocycles. The van der Waals surface area contributed by atoms with Gasteiger partial charge >= 0.3 is 17.9 Å². The Balaban J connectivity index is 2.33. The molecule has 0 unspecified atom stereocenters. The molecule has 0 amide bonds. The summed E-state index contributed by atoms with van der Waals surface area (Å²) in [6.45, 7) is 5.49. The summed E-state index contributed by atoms with van der Waals surface area (Å²) in [5.74, 6) is -1.95. The fourth-order valence-corrected chi connectivity index (χ4v) is 4.48. The predicted octanol–water partition coefficient (Wildman–Crippen LogP) is 2.46. The van der Waals surface area contributed by atoms with E-state index in [2.05, 4.69) is 10.1 Å². The zero-order chi connectivity index (χ0) is 20.2. The van der Waals surface area contributed by atoms with E-state index in [0.29, 0.717) is 6.42 Å². The maximum absolute atomic E-state index is 12.8. The van der Waals surface area contributed by atoms with E-state index in [1.165, 1.54) is 32.5 Å². The number of hydrogen-bond donors (Lipinski definition) is 1. The first kappa shape index (κ1) is 21.4. The van der Waals surface area contributed by atoms with Crippen LogP contribution < -0.4 is 5.32 Å². The molecule has 0 bridgehead atoms. The van der Waals surface area contributed by atoms with E-state index in [-0.39, 0.29) is 18.4 Å². The van der Waals surface area contributed by atoms with E-state index in [9.17, 15) is 14.4 Å². The number of thiophene rings is 1. The summed E-state index contributed by atoms with van der Waals surface area (Å²) in [6, 6.07) is 3.41. The smallest absolute Gasteiger partial charge is 0.346 e. The standard InChI is InChI=1S/C19H27NO6S/c1-11(2)9-19(18(23)25-5)10-13(15(20-19)14-7-6-8-27-14)17(22)26-12(3)16(21)24-4/h6-8,11-13,15,20H,9-10H2,1-5H3/t12-,13+,15-,19+/m0/s1. The van der Waals surface area contributed by atoms with Gasteiger partial charge in [-0.15, -0.1) is 11.3 Å². The molecule has 1 aromatic heterocycles. The van der Waals surface area contributed by atoms with Crippen LogP contribution in [0, 0.1) is 11.8 Å². The minimum absolute atomic E-state index is 0.212. The van der Waals surface area contributed by atoms with Gasteiger partial charge in [0, 0.05) is 4.88 Å². The quantitative estimate of drug-likeness (QED) is 0.558. The van der Waals surface area contributed by atoms with E-state index in [4.69, 9.17) is 9.47 Å². The average Bonchev–Trinajstić information content (AvgIpc) is 3.27. The molecule has 2 rings (SSSR count). The lowest BCUT2D eigenvalue weighted by Crippen LogP contribution is -2.49. The Bertz CT molecular complexity index is 674. The van der Waals surface area contributed by atoms with Crippen molar-refractivity contribution in [3.63, 3.8) is 0 Å². The SMILES string of the molecule is COC(=O)[C@H](C)OC(=O)[C@@H]1C[C@](CC(C)C)(C(=O)OC)N[C@@H]1c1cccs1. The highest BCUT2D eigenvalue weighted by Gasteiger charge is 2.54. The van der Waals surface area contributed by atoms with E-state index >= 15 is 0 Å². The van der Waals surface area contributed by atoms with Crippen LogP contribution in [0.2, 0.25) is 0 Å². The molecule has 4 atom stereocenters. The normalized spacial score (nSPS) is 25.9. The summed E-state index contributed by atoms with van der Waals surface area (Å²) in [7, 11) is 2.58. The molecule has 0 spiro atoms. The van der Waals surface area contributed by atoms with Crippen molar-refractivity contribution in [2.75, 3.05) is 14.2 Å². The molecule has 1 saturated heterocycles. The number of ether oxygens (including phenoxy) is 3. The van der Waals surface area contributed by atoms with Crippen LogP contribution in [0.15, 0.2) is 17.5 Å². The second-order valence-electron chi connectivity index (χ2n) is 7.22. The minimum atomic E-state index is -1.01. The zero-order valence-electron chi connectivity index (χ0n) is 16.3. The van der Waals surface area contributed by atoms with Crippen LogP contribution >= 0.6 is 11.3 Å². The summed E-state index contributed by atoms with van der Waals surface area (Å²) in [5, 5.41) is 5.27. The van der Waals surface area contributed by atoms with Gasteiger partial charge in [0.15, 0.2) is 6.10 Å². The van der Waals surface area contributed by atoms with Crippen molar-refractivity contribution in [2.24, 2.45) is 11.8 Å². The van der Waals surface area contributed by atoms with Gasteiger partial charge in [0.05, 0.1) is 26.2 Å². The molecule has 8 heteroatoms. The molecule has 1 N–H and O–H groups in total. The number of carbonyl (C=O) groups excluding carboxylic acids is 3. The Hall–Kier alpha value is -1.93. The maximum Gasteiger partial charge on any atom is 0.346 e. The topological polar surface area (TPSA) is 90.9 Å². The third kappa shape index (κ3) is 4.68. The molecule has 0 aliphatic carbocycles.